The predicted molar refractivity (Wildman–Crippen MR) is 131 cm³/mol. The molecule has 0 N–H and O–H groups in total. The van der Waals surface area contributed by atoms with Crippen LogP contribution in [0.25, 0.3) is 11.3 Å². The van der Waals surface area contributed by atoms with Gasteiger partial charge in [-0.25, -0.2) is 21.8 Å². The van der Waals surface area contributed by atoms with Gasteiger partial charge in [0, 0.05) is 23.1 Å². The second-order valence-corrected chi connectivity index (χ2v) is 10.3. The highest BCUT2D eigenvalue weighted by molar-refractivity contribution is 7.80. The Morgan fingerprint density at radius 2 is 1.50 bits per heavy atom. The summed E-state index contributed by atoms with van der Waals surface area (Å²) in [5.74, 6) is -14.5. The van der Waals surface area contributed by atoms with Crippen molar-refractivity contribution in [1.82, 2.24) is 4.98 Å². The van der Waals surface area contributed by atoms with Gasteiger partial charge in [0.1, 0.15) is 11.6 Å². The number of hydrogen-bond donors (Lipinski definition) is 0. The molecule has 5 rings (SSSR count). The molecule has 3 aromatic carbocycles. The standard InChI is InChI=1S/C28H16F9NO3S/c1-12-19(29)6-7-20(38-12)18-10-13(28(35,36)37)2-4-15(18)16-8-9-40-21-11-14(3-5-17(16)21)42(39)41-27-25(33)23(31)22(30)24(32)26(27)34/h2-7,10-11,16H,8-9H2,1H3. The molecule has 14 heteroatoms. The zero-order valence-corrected chi connectivity index (χ0v) is 21.9. The van der Waals surface area contributed by atoms with Crippen LogP contribution in [0.4, 0.5) is 39.5 Å². The van der Waals surface area contributed by atoms with Crippen LogP contribution in [0.2, 0.25) is 0 Å². The lowest BCUT2D eigenvalue weighted by atomic mass is 9.82. The van der Waals surface area contributed by atoms with Crippen LogP contribution in [0.1, 0.15) is 34.7 Å². The first-order valence-corrected chi connectivity index (χ1v) is 13.1. The Balaban J connectivity index is 1.54. The third-order valence-corrected chi connectivity index (χ3v) is 7.56. The lowest BCUT2D eigenvalue weighted by Crippen LogP contribution is -2.17. The van der Waals surface area contributed by atoms with E-state index in [1.165, 1.54) is 31.2 Å². The molecule has 1 aliphatic rings. The van der Waals surface area contributed by atoms with Crippen LogP contribution in [0.15, 0.2) is 53.4 Å². The van der Waals surface area contributed by atoms with Crippen molar-refractivity contribution in [2.45, 2.75) is 30.3 Å². The normalized spacial score (nSPS) is 15.6. The number of fused-ring (bicyclic) bond motifs is 1. The number of hydrogen-bond acceptors (Lipinski definition) is 4. The fourth-order valence-electron chi connectivity index (χ4n) is 4.53. The van der Waals surface area contributed by atoms with Crippen LogP contribution in [0, 0.1) is 41.8 Å². The number of ether oxygens (including phenoxy) is 1. The number of aromatic nitrogens is 1. The van der Waals surface area contributed by atoms with Crippen LogP contribution >= 0.6 is 0 Å². The van der Waals surface area contributed by atoms with E-state index in [-0.39, 0.29) is 40.6 Å². The van der Waals surface area contributed by atoms with Gasteiger partial charge in [0.25, 0.3) is 0 Å². The van der Waals surface area contributed by atoms with Crippen molar-refractivity contribution < 1.29 is 52.6 Å². The highest BCUT2D eigenvalue weighted by Gasteiger charge is 2.34. The number of aryl methyl sites for hydroxylation is 1. The lowest BCUT2D eigenvalue weighted by Gasteiger charge is -2.28. The third kappa shape index (κ3) is 5.30. The minimum Gasteiger partial charge on any atom is -0.493 e. The van der Waals surface area contributed by atoms with Gasteiger partial charge >= 0.3 is 6.18 Å². The summed E-state index contributed by atoms with van der Waals surface area (Å²) >= 11 is -2.77. The molecule has 0 aliphatic carbocycles. The first-order chi connectivity index (χ1) is 19.8. The molecule has 0 fully saturated rings. The second-order valence-electron chi connectivity index (χ2n) is 9.17. The molecule has 0 radical (unpaired) electrons. The van der Waals surface area contributed by atoms with E-state index in [1.54, 1.807) is 0 Å². The molecule has 2 unspecified atom stereocenters. The van der Waals surface area contributed by atoms with Gasteiger partial charge in [0.05, 0.1) is 28.5 Å². The zero-order valence-electron chi connectivity index (χ0n) is 21.1. The summed E-state index contributed by atoms with van der Waals surface area (Å²) in [4.78, 5) is 3.86. The minimum atomic E-state index is -4.68. The summed E-state index contributed by atoms with van der Waals surface area (Å²) in [5, 5.41) is 0. The highest BCUT2D eigenvalue weighted by Crippen LogP contribution is 2.44. The molecule has 0 saturated carbocycles. The summed E-state index contributed by atoms with van der Waals surface area (Å²) in [5.41, 5.74) is 0.0400. The maximum atomic E-state index is 14.0. The number of rotatable bonds is 5. The molecular formula is C28H16F9NO3S. The van der Waals surface area contributed by atoms with Crippen LogP contribution < -0.4 is 8.92 Å². The summed E-state index contributed by atoms with van der Waals surface area (Å²) < 4.78 is 146. The fraction of sp³-hybridized carbons (Fsp3) is 0.179. The van der Waals surface area contributed by atoms with Crippen LogP contribution in [-0.2, 0) is 17.3 Å². The van der Waals surface area contributed by atoms with Crippen molar-refractivity contribution in [1.29, 1.82) is 0 Å². The van der Waals surface area contributed by atoms with Gasteiger partial charge in [-0.1, -0.05) is 12.1 Å². The van der Waals surface area contributed by atoms with Crippen molar-refractivity contribution >= 4 is 11.1 Å². The van der Waals surface area contributed by atoms with Gasteiger partial charge in [-0.2, -0.15) is 22.0 Å². The Hall–Kier alpha value is -4.07. The van der Waals surface area contributed by atoms with Crippen molar-refractivity contribution in [3.63, 3.8) is 0 Å². The van der Waals surface area contributed by atoms with E-state index >= 15 is 0 Å². The Morgan fingerprint density at radius 3 is 2.14 bits per heavy atom. The van der Waals surface area contributed by atoms with E-state index in [4.69, 9.17) is 4.74 Å². The Morgan fingerprint density at radius 1 is 0.857 bits per heavy atom. The first kappa shape index (κ1) is 29.4. The summed E-state index contributed by atoms with van der Waals surface area (Å²) in [7, 11) is 0. The number of pyridine rings is 1. The monoisotopic (exact) mass is 617 g/mol. The SMILES string of the molecule is Cc1nc(-c2cc(C(F)(F)F)ccc2C2CCOc3cc(S(=O)Oc4c(F)c(F)c(F)c(F)c4F)ccc32)ccc1F. The lowest BCUT2D eigenvalue weighted by molar-refractivity contribution is -0.137. The molecule has 1 aromatic heterocycles. The van der Waals surface area contributed by atoms with Crippen LogP contribution in [0.5, 0.6) is 11.5 Å². The van der Waals surface area contributed by atoms with E-state index < -0.39 is 69.4 Å². The first-order valence-electron chi connectivity index (χ1n) is 12.0. The average molecular weight is 617 g/mol. The summed E-state index contributed by atoms with van der Waals surface area (Å²) in [6, 6.07) is 9.16. The van der Waals surface area contributed by atoms with E-state index in [0.717, 1.165) is 24.3 Å². The summed E-state index contributed by atoms with van der Waals surface area (Å²) in [6.07, 6.45) is -4.39. The molecule has 42 heavy (non-hydrogen) atoms. The molecule has 220 valence electrons. The minimum absolute atomic E-state index is 0.0239. The molecule has 0 saturated heterocycles. The van der Waals surface area contributed by atoms with E-state index in [2.05, 4.69) is 9.17 Å². The second kappa shape index (κ2) is 11.0. The Kier molecular flexibility index (Phi) is 7.68. The van der Waals surface area contributed by atoms with E-state index in [1.807, 2.05) is 0 Å². The Bertz CT molecular complexity index is 1710. The van der Waals surface area contributed by atoms with Gasteiger partial charge in [0.15, 0.2) is 0 Å². The van der Waals surface area contributed by atoms with Gasteiger partial charge in [-0.15, -0.1) is 0 Å². The van der Waals surface area contributed by atoms with Crippen LogP contribution in [-0.4, -0.2) is 15.8 Å². The van der Waals surface area contributed by atoms with Crippen LogP contribution in [0.3, 0.4) is 0 Å². The molecule has 4 aromatic rings. The largest absolute Gasteiger partial charge is 0.493 e. The topological polar surface area (TPSA) is 48.4 Å². The smallest absolute Gasteiger partial charge is 0.416 e. The van der Waals surface area contributed by atoms with Gasteiger partial charge < -0.3 is 8.92 Å². The molecule has 2 atom stereocenters. The molecule has 0 bridgehead atoms. The fourth-order valence-corrected chi connectivity index (χ4v) is 5.31. The molecule has 0 spiro atoms. The van der Waals surface area contributed by atoms with Gasteiger partial charge in [0.2, 0.25) is 45.9 Å². The number of halogens is 9. The number of benzene rings is 3. The maximum Gasteiger partial charge on any atom is 0.416 e. The van der Waals surface area contributed by atoms with Crippen molar-refractivity contribution in [3.05, 3.63) is 106 Å². The number of nitrogens with zero attached hydrogens (tertiary/aromatic N) is 1. The quantitative estimate of drug-likeness (QED) is 0.130. The van der Waals surface area contributed by atoms with Gasteiger partial charge in [-0.3, -0.25) is 4.98 Å². The molecule has 2 heterocycles. The van der Waals surface area contributed by atoms with Crippen molar-refractivity contribution in [2.24, 2.45) is 0 Å². The average Bonchev–Trinajstić information content (AvgIpc) is 2.97. The zero-order chi connectivity index (χ0) is 30.5. The summed E-state index contributed by atoms with van der Waals surface area (Å²) in [6.45, 7) is 1.41. The molecule has 4 nitrogen and oxygen atoms in total. The third-order valence-electron chi connectivity index (χ3n) is 6.60. The highest BCUT2D eigenvalue weighted by atomic mass is 32.2. The van der Waals surface area contributed by atoms with Crippen molar-refractivity contribution in [3.8, 4) is 22.8 Å². The Labute approximate surface area is 234 Å². The molecule has 0 amide bonds. The van der Waals surface area contributed by atoms with E-state index in [9.17, 15) is 43.7 Å². The maximum absolute atomic E-state index is 14.0. The van der Waals surface area contributed by atoms with Gasteiger partial charge in [-0.05, 0) is 49.2 Å². The number of alkyl halides is 3. The van der Waals surface area contributed by atoms with Crippen molar-refractivity contribution in [2.75, 3.05) is 6.61 Å². The predicted octanol–water partition coefficient (Wildman–Crippen LogP) is 7.93. The molecular weight excluding hydrogens is 601 g/mol. The van der Waals surface area contributed by atoms with E-state index in [0.29, 0.717) is 11.1 Å². The molecule has 1 aliphatic heterocycles.